The molecule has 0 bridgehead atoms. The molecule has 484 valence electrons. The fourth-order valence-corrected chi connectivity index (χ4v) is 19.0. The van der Waals surface area contributed by atoms with Gasteiger partial charge in [0.1, 0.15) is 5.58 Å². The Kier molecular flexibility index (Phi) is 13.2. The Morgan fingerprint density at radius 1 is 0.344 bits per heavy atom. The molecule has 0 saturated carbocycles. The summed E-state index contributed by atoms with van der Waals surface area (Å²) in [5.74, 6) is 0. The smallest absolute Gasteiger partial charge is 0.297 e. The minimum atomic E-state index is -0.217. The maximum atomic E-state index is 7.83. The van der Waals surface area contributed by atoms with Gasteiger partial charge in [0, 0.05) is 45.2 Å². The first kappa shape index (κ1) is 62.6. The lowest BCUT2D eigenvalue weighted by Crippen LogP contribution is -2.61. The molecule has 7 aliphatic rings. The second kappa shape index (κ2) is 19.6. The topological polar surface area (TPSA) is 22.9 Å². The molecule has 15 rings (SSSR count). The van der Waals surface area contributed by atoms with Crippen LogP contribution in [0.25, 0.3) is 11.0 Å². The van der Waals surface area contributed by atoms with Crippen molar-refractivity contribution in [2.45, 2.75) is 283 Å². The van der Waals surface area contributed by atoms with Crippen molar-refractivity contribution >= 4 is 85.5 Å². The molecule has 0 fully saturated rings. The Morgan fingerprint density at radius 2 is 0.699 bits per heavy atom. The van der Waals surface area contributed by atoms with E-state index in [-0.39, 0.29) is 66.3 Å². The average Bonchev–Trinajstić information content (AvgIpc) is 1.68. The minimum Gasteiger partial charge on any atom is -0.468 e. The van der Waals surface area contributed by atoms with E-state index in [2.05, 4.69) is 289 Å². The van der Waals surface area contributed by atoms with E-state index in [1.165, 1.54) is 142 Å². The lowest BCUT2D eigenvalue weighted by molar-refractivity contribution is 0.332. The van der Waals surface area contributed by atoms with Crippen LogP contribution in [-0.2, 0) is 59.6 Å². The van der Waals surface area contributed by atoms with Crippen molar-refractivity contribution in [2.24, 2.45) is 0 Å². The Balaban J connectivity index is 1.13. The number of rotatable bonds is 5. The molecule has 0 unspecified atom stereocenters. The zero-order chi connectivity index (χ0) is 66.5. The minimum absolute atomic E-state index is 0.00348. The van der Waals surface area contributed by atoms with Gasteiger partial charge in [-0.05, 0) is 275 Å². The quantitative estimate of drug-likeness (QED) is 0.160. The molecule has 0 spiro atoms. The highest BCUT2D eigenvalue weighted by molar-refractivity contribution is 7.00. The second-order valence-corrected chi connectivity index (χ2v) is 38.3. The predicted molar refractivity (Wildman–Crippen MR) is 400 cm³/mol. The fraction of sp³-hybridized carbons (Fsp3) is 0.500. The summed E-state index contributed by atoms with van der Waals surface area (Å²) in [6.07, 6.45) is 11.5. The highest BCUT2D eigenvalue weighted by atomic mass is 16.3. The van der Waals surface area contributed by atoms with Gasteiger partial charge in [0.25, 0.3) is 6.71 Å². The van der Waals surface area contributed by atoms with Gasteiger partial charge in [0.15, 0.2) is 0 Å². The van der Waals surface area contributed by atoms with E-state index in [0.29, 0.717) is 0 Å². The Labute approximate surface area is 560 Å². The summed E-state index contributed by atoms with van der Waals surface area (Å²) >= 11 is 0. The molecular weight excluding hydrogens is 1130 g/mol. The number of fused-ring (bicyclic) bond motifs is 11. The van der Waals surface area contributed by atoms with Crippen LogP contribution in [0.15, 0.2) is 120 Å². The third-order valence-electron chi connectivity index (χ3n) is 26.1. The van der Waals surface area contributed by atoms with Crippen molar-refractivity contribution in [2.75, 3.05) is 14.7 Å². The monoisotopic (exact) mass is 1230 g/mol. The first-order valence-electron chi connectivity index (χ1n) is 36.1. The molecule has 0 radical (unpaired) electrons. The highest BCUT2D eigenvalue weighted by Gasteiger charge is 2.51. The van der Waals surface area contributed by atoms with E-state index in [1.807, 2.05) is 0 Å². The Bertz CT molecular complexity index is 4400. The van der Waals surface area contributed by atoms with E-state index in [0.717, 1.165) is 61.9 Å². The van der Waals surface area contributed by atoms with Crippen molar-refractivity contribution in [3.8, 4) is 0 Å². The van der Waals surface area contributed by atoms with Gasteiger partial charge < -0.3 is 19.1 Å². The van der Waals surface area contributed by atoms with Crippen molar-refractivity contribution in [1.82, 2.24) is 0 Å². The molecule has 0 N–H and O–H groups in total. The van der Waals surface area contributed by atoms with Crippen LogP contribution < -0.4 is 31.3 Å². The fourth-order valence-electron chi connectivity index (χ4n) is 19.0. The maximum Gasteiger partial charge on any atom is 0.297 e. The zero-order valence-corrected chi connectivity index (χ0v) is 61.4. The summed E-state index contributed by atoms with van der Waals surface area (Å²) in [5.41, 5.74) is 31.5. The third-order valence-corrected chi connectivity index (χ3v) is 26.1. The van der Waals surface area contributed by atoms with Crippen LogP contribution in [0.2, 0.25) is 0 Å². The normalized spacial score (nSPS) is 22.1. The first-order valence-corrected chi connectivity index (χ1v) is 36.1. The number of nitrogens with zero attached hydrogens (tertiary/aromatic N) is 3. The van der Waals surface area contributed by atoms with Crippen LogP contribution in [-0.4, -0.2) is 6.71 Å². The molecule has 8 aromatic rings. The molecule has 93 heavy (non-hydrogen) atoms. The number of benzene rings is 7. The van der Waals surface area contributed by atoms with Crippen molar-refractivity contribution in [3.05, 3.63) is 176 Å². The summed E-state index contributed by atoms with van der Waals surface area (Å²) < 4.78 is 7.83. The number of hydrogen-bond acceptors (Lipinski definition) is 4. The lowest BCUT2D eigenvalue weighted by atomic mass is 9.35. The average molecular weight is 1230 g/mol. The summed E-state index contributed by atoms with van der Waals surface area (Å²) in [6, 6.07) is 48.4. The van der Waals surface area contributed by atoms with Gasteiger partial charge in [-0.1, -0.05) is 196 Å². The Morgan fingerprint density at radius 3 is 1.12 bits per heavy atom. The van der Waals surface area contributed by atoms with Gasteiger partial charge in [-0.15, -0.1) is 0 Å². The summed E-state index contributed by atoms with van der Waals surface area (Å²) in [5, 5.41) is 1.17. The van der Waals surface area contributed by atoms with Gasteiger partial charge in [-0.25, -0.2) is 0 Å². The molecule has 5 aliphatic carbocycles. The van der Waals surface area contributed by atoms with Crippen molar-refractivity contribution in [3.63, 3.8) is 0 Å². The van der Waals surface area contributed by atoms with Crippen LogP contribution in [0.5, 0.6) is 0 Å². The van der Waals surface area contributed by atoms with Crippen molar-refractivity contribution < 1.29 is 4.42 Å². The molecule has 0 amide bonds. The molecular formula is C88H108BN3O. The molecule has 4 nitrogen and oxygen atoms in total. The van der Waals surface area contributed by atoms with Crippen LogP contribution in [0.3, 0.4) is 0 Å². The van der Waals surface area contributed by atoms with E-state index < -0.39 is 0 Å². The van der Waals surface area contributed by atoms with E-state index >= 15 is 0 Å². The van der Waals surface area contributed by atoms with E-state index in [9.17, 15) is 0 Å². The van der Waals surface area contributed by atoms with Crippen LogP contribution >= 0.6 is 0 Å². The van der Waals surface area contributed by atoms with E-state index in [4.69, 9.17) is 4.42 Å². The summed E-state index contributed by atoms with van der Waals surface area (Å²) in [7, 11) is 0. The van der Waals surface area contributed by atoms with Gasteiger partial charge in [0.2, 0.25) is 0 Å². The summed E-state index contributed by atoms with van der Waals surface area (Å²) in [4.78, 5) is 8.18. The SMILES string of the molecule is CC(C)(C)c1ccc2oc3c(c2c1)N(c1ccc2c(c1)C(C)(C)CCC2(C)C)c1cc(N(c2ccc4c(c2)C(C)(C)CCC4(C)C)c2ccc4c(c2)C(C)(C)CCC4(C)C)cc2c1B3c1cc3c(cc1N2c1ccc2c(c1)C(C)(C)CCC2(C)C)C(C)(C)CCC3(C)C. The lowest BCUT2D eigenvalue weighted by Gasteiger charge is -2.48. The zero-order valence-electron chi connectivity index (χ0n) is 61.4. The molecule has 1 aromatic heterocycles. The predicted octanol–water partition coefficient (Wildman–Crippen LogP) is 23.0. The van der Waals surface area contributed by atoms with Gasteiger partial charge >= 0.3 is 0 Å². The summed E-state index contributed by atoms with van der Waals surface area (Å²) in [6.45, 7) is 56.7. The largest absolute Gasteiger partial charge is 0.468 e. The maximum absolute atomic E-state index is 7.83. The third kappa shape index (κ3) is 9.44. The highest BCUT2D eigenvalue weighted by Crippen LogP contribution is 2.58. The Hall–Kier alpha value is -6.46. The number of hydrogen-bond donors (Lipinski definition) is 0. The van der Waals surface area contributed by atoms with Gasteiger partial charge in [-0.2, -0.15) is 0 Å². The van der Waals surface area contributed by atoms with E-state index in [1.54, 1.807) is 0 Å². The van der Waals surface area contributed by atoms with Crippen molar-refractivity contribution in [1.29, 1.82) is 0 Å². The molecule has 3 heterocycles. The molecule has 0 atom stereocenters. The van der Waals surface area contributed by atoms with Crippen LogP contribution in [0.1, 0.15) is 285 Å². The standard InChI is InChI=1S/C88H108BN3O/c1-78(2,3)53-24-33-74-59(44-53)76-77(93-74)89-70-51-68-69(88(22,23)43-42-87(68,20)21)52-71(70)91(56-27-31-62-66(47-56)85(16,17)40-36-81(62,8)9)72-49-58(50-73(75(72)89)92(76)57-28-32-63-67(48-57)86(18,19)41-37-82(63,10)11)90(54-25-29-60-64(45-54)83(12,13)38-34-79(60,4)5)55-26-30-61-65(46-55)84(14,15)39-35-80(61,6)7/h24-33,44-52H,34-43H2,1-23H3. The first-order chi connectivity index (χ1) is 43.1. The van der Waals surface area contributed by atoms with Crippen LogP contribution in [0, 0.1) is 0 Å². The molecule has 0 saturated heterocycles. The molecule has 5 heteroatoms. The van der Waals surface area contributed by atoms with Gasteiger partial charge in [0.05, 0.1) is 17.0 Å². The second-order valence-electron chi connectivity index (χ2n) is 38.3. The molecule has 7 aromatic carbocycles. The van der Waals surface area contributed by atoms with Gasteiger partial charge in [-0.3, -0.25) is 0 Å². The number of anilines is 9. The van der Waals surface area contributed by atoms with Crippen LogP contribution in [0.4, 0.5) is 51.2 Å². The molecule has 2 aliphatic heterocycles. The number of furan rings is 1.